The van der Waals surface area contributed by atoms with Crippen LogP contribution in [0.1, 0.15) is 49.0 Å². The van der Waals surface area contributed by atoms with Gasteiger partial charge in [-0.3, -0.25) is 9.78 Å². The van der Waals surface area contributed by atoms with Gasteiger partial charge in [-0.1, -0.05) is 48.5 Å². The Morgan fingerprint density at radius 3 is 2.59 bits per heavy atom. The summed E-state index contributed by atoms with van der Waals surface area (Å²) in [6, 6.07) is 10.1. The summed E-state index contributed by atoms with van der Waals surface area (Å²) in [6.07, 6.45) is 7.30. The lowest BCUT2D eigenvalue weighted by Crippen LogP contribution is -2.36. The lowest BCUT2D eigenvalue weighted by molar-refractivity contribution is 0.0923. The van der Waals surface area contributed by atoms with E-state index >= 15 is 0 Å². The van der Waals surface area contributed by atoms with Gasteiger partial charge in [0.15, 0.2) is 0 Å². The molecule has 1 amide bonds. The van der Waals surface area contributed by atoms with Gasteiger partial charge in [0.2, 0.25) is 0 Å². The molecule has 1 N–H and O–H groups in total. The summed E-state index contributed by atoms with van der Waals surface area (Å²) < 4.78 is 19.7. The van der Waals surface area contributed by atoms with E-state index in [9.17, 15) is 9.18 Å². The van der Waals surface area contributed by atoms with Crippen LogP contribution in [-0.4, -0.2) is 54.1 Å². The van der Waals surface area contributed by atoms with E-state index in [2.05, 4.69) is 15.2 Å². The van der Waals surface area contributed by atoms with Gasteiger partial charge >= 0.3 is 0 Å². The predicted octanol–water partition coefficient (Wildman–Crippen LogP) is 6.65. The van der Waals surface area contributed by atoms with Crippen molar-refractivity contribution in [2.24, 2.45) is 0 Å². The number of benzene rings is 1. The highest BCUT2D eigenvalue weighted by Gasteiger charge is 2.21. The van der Waals surface area contributed by atoms with Crippen LogP contribution in [-0.2, 0) is 0 Å². The van der Waals surface area contributed by atoms with Crippen molar-refractivity contribution >= 4 is 29.1 Å². The lowest BCUT2D eigenvalue weighted by atomic mass is 9.95. The molecule has 0 saturated heterocycles. The van der Waals surface area contributed by atoms with Crippen molar-refractivity contribution in [1.82, 2.24) is 20.2 Å². The van der Waals surface area contributed by atoms with E-state index in [4.69, 9.17) is 32.9 Å². The molecule has 0 atom stereocenters. The highest BCUT2D eigenvalue weighted by atomic mass is 35.5. The number of hydrogen-bond acceptors (Lipinski definition) is 5. The second kappa shape index (κ2) is 12.7. The van der Waals surface area contributed by atoms with Gasteiger partial charge in [-0.25, -0.2) is 9.37 Å². The second-order valence-corrected chi connectivity index (χ2v) is 10.3. The molecule has 196 valence electrons. The van der Waals surface area contributed by atoms with Gasteiger partial charge in [-0.05, 0) is 63.7 Å². The minimum absolute atomic E-state index is 0.150. The molecule has 2 aromatic heterocycles. The number of halogens is 3. The number of aromatic nitrogens is 2. The van der Waals surface area contributed by atoms with Crippen LogP contribution in [0.4, 0.5) is 4.39 Å². The normalized spacial score (nSPS) is 14.1. The Hall–Kier alpha value is -2.74. The molecule has 1 aliphatic rings. The first-order chi connectivity index (χ1) is 17.8. The Kier molecular flexibility index (Phi) is 9.35. The van der Waals surface area contributed by atoms with Crippen LogP contribution in [0.25, 0.3) is 22.5 Å². The molecule has 1 saturated carbocycles. The van der Waals surface area contributed by atoms with Crippen LogP contribution < -0.4 is 10.1 Å². The highest BCUT2D eigenvalue weighted by Crippen LogP contribution is 2.37. The monoisotopic (exact) mass is 544 g/mol. The highest BCUT2D eigenvalue weighted by molar-refractivity contribution is 6.33. The third kappa shape index (κ3) is 7.18. The van der Waals surface area contributed by atoms with Gasteiger partial charge in [-0.15, -0.1) is 0 Å². The molecule has 0 bridgehead atoms. The molecule has 4 rings (SSSR count). The number of amides is 1. The van der Waals surface area contributed by atoms with Crippen molar-refractivity contribution in [2.45, 2.75) is 44.6 Å². The van der Waals surface area contributed by atoms with Crippen molar-refractivity contribution in [2.75, 3.05) is 27.2 Å². The van der Waals surface area contributed by atoms with Crippen LogP contribution in [0, 0.1) is 5.82 Å². The average molecular weight is 545 g/mol. The van der Waals surface area contributed by atoms with Crippen LogP contribution in [0.2, 0.25) is 10.0 Å². The first-order valence-electron chi connectivity index (χ1n) is 12.5. The third-order valence-corrected chi connectivity index (χ3v) is 6.94. The fourth-order valence-electron chi connectivity index (χ4n) is 4.44. The lowest BCUT2D eigenvalue weighted by Gasteiger charge is -2.22. The molecule has 1 aliphatic carbocycles. The number of hydrogen-bond donors (Lipinski definition) is 1. The predicted molar refractivity (Wildman–Crippen MR) is 146 cm³/mol. The zero-order valence-electron chi connectivity index (χ0n) is 21.1. The van der Waals surface area contributed by atoms with Gasteiger partial charge in [0.25, 0.3) is 5.91 Å². The Labute approximate surface area is 227 Å². The molecular formula is C28H31Cl2FN4O2. The van der Waals surface area contributed by atoms with E-state index in [1.807, 2.05) is 14.1 Å². The van der Waals surface area contributed by atoms with Crippen LogP contribution in [0.3, 0.4) is 0 Å². The van der Waals surface area contributed by atoms with Crippen molar-refractivity contribution < 1.29 is 13.9 Å². The number of carbonyl (C=O) groups is 1. The largest absolute Gasteiger partial charge is 0.492 e. The fraction of sp³-hybridized carbons (Fsp3) is 0.393. The summed E-state index contributed by atoms with van der Waals surface area (Å²) in [4.78, 5) is 24.1. The van der Waals surface area contributed by atoms with Gasteiger partial charge < -0.3 is 15.0 Å². The van der Waals surface area contributed by atoms with Crippen molar-refractivity contribution in [1.29, 1.82) is 0 Å². The van der Waals surface area contributed by atoms with E-state index in [0.717, 1.165) is 44.8 Å². The van der Waals surface area contributed by atoms with E-state index in [1.54, 1.807) is 30.3 Å². The van der Waals surface area contributed by atoms with Crippen LogP contribution in [0.15, 0.2) is 42.6 Å². The topological polar surface area (TPSA) is 67.3 Å². The van der Waals surface area contributed by atoms with E-state index in [0.29, 0.717) is 39.9 Å². The molecule has 9 heteroatoms. The number of ether oxygens (including phenoxy) is 1. The molecule has 1 aromatic carbocycles. The summed E-state index contributed by atoms with van der Waals surface area (Å²) in [5.74, 6) is -0.250. The number of rotatable bonds is 9. The van der Waals surface area contributed by atoms with Crippen molar-refractivity contribution in [3.63, 3.8) is 0 Å². The fourth-order valence-corrected chi connectivity index (χ4v) is 4.87. The number of carbonyl (C=O) groups excluding carboxylic acids is 1. The molecule has 0 radical (unpaired) electrons. The quantitative estimate of drug-likeness (QED) is 0.305. The second-order valence-electron chi connectivity index (χ2n) is 9.54. The first kappa shape index (κ1) is 27.3. The van der Waals surface area contributed by atoms with Crippen LogP contribution >= 0.6 is 23.2 Å². The van der Waals surface area contributed by atoms with Gasteiger partial charge in [0, 0.05) is 23.7 Å². The summed E-state index contributed by atoms with van der Waals surface area (Å²) in [5, 5.41) is 3.73. The molecule has 0 unspecified atom stereocenters. The van der Waals surface area contributed by atoms with Crippen molar-refractivity contribution in [3.05, 3.63) is 64.2 Å². The van der Waals surface area contributed by atoms with Crippen LogP contribution in [0.5, 0.6) is 5.75 Å². The summed E-state index contributed by atoms with van der Waals surface area (Å²) in [6.45, 7) is 1.38. The molecule has 0 aliphatic heterocycles. The summed E-state index contributed by atoms with van der Waals surface area (Å²) in [7, 11) is 4.01. The molecule has 3 aromatic rings. The van der Waals surface area contributed by atoms with E-state index in [-0.39, 0.29) is 22.7 Å². The van der Waals surface area contributed by atoms with Gasteiger partial charge in [-0.2, -0.15) is 0 Å². The molecule has 37 heavy (non-hydrogen) atoms. The van der Waals surface area contributed by atoms with E-state index in [1.165, 1.54) is 12.5 Å². The maximum absolute atomic E-state index is 13.7. The molecule has 6 nitrogen and oxygen atoms in total. The maximum atomic E-state index is 13.7. The summed E-state index contributed by atoms with van der Waals surface area (Å²) >= 11 is 12.8. The smallest absolute Gasteiger partial charge is 0.270 e. The minimum Gasteiger partial charge on any atom is -0.492 e. The zero-order valence-corrected chi connectivity index (χ0v) is 22.6. The molecule has 2 heterocycles. The number of nitrogens with one attached hydrogen (secondary N) is 1. The number of pyridine rings is 2. The van der Waals surface area contributed by atoms with Gasteiger partial charge in [0.05, 0.1) is 34.2 Å². The standard InChI is InChI=1S/C28H31Cl2FN4O2/c1-35(2)13-6-14-37-25-15-18(9-11-22(25)29)26-21(27-23(30)16-19(31)17-32-27)10-12-24(34-26)28(36)33-20-7-4-3-5-8-20/h9-12,15-17,20H,3-8,13-14H2,1-2H3,(H,33,36). The maximum Gasteiger partial charge on any atom is 0.270 e. The van der Waals surface area contributed by atoms with Gasteiger partial charge in [0.1, 0.15) is 17.3 Å². The Morgan fingerprint density at radius 1 is 1.08 bits per heavy atom. The minimum atomic E-state index is -0.536. The zero-order chi connectivity index (χ0) is 26.4. The van der Waals surface area contributed by atoms with Crippen molar-refractivity contribution in [3.8, 4) is 28.3 Å². The molecular weight excluding hydrogens is 514 g/mol. The molecule has 0 spiro atoms. The Bertz CT molecular complexity index is 1250. The molecule has 1 fully saturated rings. The number of nitrogens with zero attached hydrogens (tertiary/aromatic N) is 3. The SMILES string of the molecule is CN(C)CCCOc1cc(-c2nc(C(=O)NC3CCCCC3)ccc2-c2ncc(F)cc2Cl)ccc1Cl. The first-order valence-corrected chi connectivity index (χ1v) is 13.3. The average Bonchev–Trinajstić information content (AvgIpc) is 2.88. The third-order valence-electron chi connectivity index (χ3n) is 6.34. The van der Waals surface area contributed by atoms with E-state index < -0.39 is 5.82 Å². The summed E-state index contributed by atoms with van der Waals surface area (Å²) in [5.41, 5.74) is 2.38. The Morgan fingerprint density at radius 2 is 1.86 bits per heavy atom. The Balaban J connectivity index is 1.70.